The van der Waals surface area contributed by atoms with E-state index < -0.39 is 10.0 Å². The predicted molar refractivity (Wildman–Crippen MR) is 108 cm³/mol. The van der Waals surface area contributed by atoms with Gasteiger partial charge in [0.05, 0.1) is 4.90 Å². The maximum Gasteiger partial charge on any atom is 0.261 e. The van der Waals surface area contributed by atoms with E-state index in [1.165, 1.54) is 78.9 Å². The number of hydrogen-bond donors (Lipinski definition) is 4. The van der Waals surface area contributed by atoms with Crippen LogP contribution >= 0.6 is 0 Å². The molecule has 0 saturated heterocycles. The molecule has 3 aromatic rings. The van der Waals surface area contributed by atoms with Crippen molar-refractivity contribution in [1.29, 1.82) is 0 Å². The lowest BCUT2D eigenvalue weighted by Crippen LogP contribution is -2.12. The highest BCUT2D eigenvalue weighted by atomic mass is 32.2. The van der Waals surface area contributed by atoms with Gasteiger partial charge in [0.2, 0.25) is 0 Å². The van der Waals surface area contributed by atoms with Crippen molar-refractivity contribution in [3.8, 4) is 17.2 Å². The summed E-state index contributed by atoms with van der Waals surface area (Å²) in [4.78, 5) is 12.3. The first kappa shape index (κ1) is 20.0. The monoisotopic (exact) mass is 411 g/mol. The number of phenols is 3. The number of benzene rings is 3. The molecular formula is C21H17NO6S. The maximum absolute atomic E-state index is 12.3. The fraction of sp³-hybridized carbons (Fsp3) is 0. The Balaban J connectivity index is 1.72. The molecule has 0 amide bonds. The molecule has 0 spiro atoms. The molecule has 0 aliphatic rings. The summed E-state index contributed by atoms with van der Waals surface area (Å²) in [5.74, 6) is -0.523. The summed E-state index contributed by atoms with van der Waals surface area (Å²) in [6.07, 6.45) is 2.61. The van der Waals surface area contributed by atoms with Gasteiger partial charge in [-0.05, 0) is 78.9 Å². The SMILES string of the molecule is O=C(/C=C/c1cc(O)ccc1O)c1ccc(NS(=O)(=O)c2ccc(O)cc2)cc1. The lowest BCUT2D eigenvalue weighted by Gasteiger charge is -2.08. The van der Waals surface area contributed by atoms with E-state index in [1.807, 2.05) is 0 Å². The molecule has 0 atom stereocenters. The average Bonchev–Trinajstić information content (AvgIpc) is 2.69. The van der Waals surface area contributed by atoms with Crippen molar-refractivity contribution < 1.29 is 28.5 Å². The van der Waals surface area contributed by atoms with Gasteiger partial charge in [-0.15, -0.1) is 0 Å². The standard InChI is InChI=1S/C21H17NO6S/c23-17-6-9-19(10-7-17)29(27,28)22-16-4-1-14(2-5-16)20(25)11-3-15-13-18(24)8-12-21(15)26/h1-13,22-24,26H/b11-3+. The molecule has 0 fully saturated rings. The third-order valence-corrected chi connectivity index (χ3v) is 5.39. The summed E-state index contributed by atoms with van der Waals surface area (Å²) in [5, 5.41) is 28.4. The maximum atomic E-state index is 12.3. The Morgan fingerprint density at radius 3 is 2.10 bits per heavy atom. The number of anilines is 1. The molecule has 3 rings (SSSR count). The molecule has 4 N–H and O–H groups in total. The zero-order valence-electron chi connectivity index (χ0n) is 15.0. The summed E-state index contributed by atoms with van der Waals surface area (Å²) in [7, 11) is -3.83. The number of phenolic OH excluding ortho intramolecular Hbond substituents is 3. The van der Waals surface area contributed by atoms with Crippen LogP contribution in [0.25, 0.3) is 6.08 Å². The fourth-order valence-corrected chi connectivity index (χ4v) is 3.54. The van der Waals surface area contributed by atoms with E-state index in [2.05, 4.69) is 4.72 Å². The largest absolute Gasteiger partial charge is 0.508 e. The minimum absolute atomic E-state index is 0.00990. The van der Waals surface area contributed by atoms with Crippen LogP contribution in [-0.2, 0) is 10.0 Å². The Hall–Kier alpha value is -3.78. The predicted octanol–water partition coefficient (Wildman–Crippen LogP) is 3.50. The van der Waals surface area contributed by atoms with Crippen LogP contribution in [0.1, 0.15) is 15.9 Å². The molecule has 8 heteroatoms. The van der Waals surface area contributed by atoms with Crippen LogP contribution in [0.5, 0.6) is 17.2 Å². The summed E-state index contributed by atoms with van der Waals surface area (Å²) in [6.45, 7) is 0. The van der Waals surface area contributed by atoms with Crippen LogP contribution in [0.4, 0.5) is 5.69 Å². The molecule has 0 radical (unpaired) electrons. The van der Waals surface area contributed by atoms with Crippen LogP contribution < -0.4 is 4.72 Å². The Bertz CT molecular complexity index is 1170. The molecule has 0 aromatic heterocycles. The van der Waals surface area contributed by atoms with Crippen molar-refractivity contribution >= 4 is 27.6 Å². The fourth-order valence-electron chi connectivity index (χ4n) is 2.48. The third-order valence-electron chi connectivity index (χ3n) is 3.99. The van der Waals surface area contributed by atoms with E-state index in [9.17, 15) is 28.5 Å². The molecule has 29 heavy (non-hydrogen) atoms. The number of nitrogens with one attached hydrogen (secondary N) is 1. The quantitative estimate of drug-likeness (QED) is 0.280. The first-order valence-electron chi connectivity index (χ1n) is 8.41. The summed E-state index contributed by atoms with van der Waals surface area (Å²) in [6, 6.07) is 14.9. The van der Waals surface area contributed by atoms with E-state index in [4.69, 9.17) is 0 Å². The van der Waals surface area contributed by atoms with Gasteiger partial charge in [-0.2, -0.15) is 0 Å². The molecule has 3 aromatic carbocycles. The summed E-state index contributed by atoms with van der Waals surface area (Å²) < 4.78 is 27.1. The number of carbonyl (C=O) groups is 1. The smallest absolute Gasteiger partial charge is 0.261 e. The highest BCUT2D eigenvalue weighted by Gasteiger charge is 2.14. The first-order valence-corrected chi connectivity index (χ1v) is 9.89. The van der Waals surface area contributed by atoms with Gasteiger partial charge in [-0.1, -0.05) is 0 Å². The molecule has 0 saturated carbocycles. The second-order valence-corrected chi connectivity index (χ2v) is 7.80. The Labute approximate surface area is 167 Å². The molecule has 0 unspecified atom stereocenters. The van der Waals surface area contributed by atoms with Gasteiger partial charge >= 0.3 is 0 Å². The van der Waals surface area contributed by atoms with Crippen molar-refractivity contribution in [1.82, 2.24) is 0 Å². The van der Waals surface area contributed by atoms with Gasteiger partial charge in [0, 0.05) is 16.8 Å². The van der Waals surface area contributed by atoms with E-state index in [-0.39, 0.29) is 39.2 Å². The minimum Gasteiger partial charge on any atom is -0.508 e. The van der Waals surface area contributed by atoms with Crippen LogP contribution in [-0.4, -0.2) is 29.5 Å². The Morgan fingerprint density at radius 1 is 0.828 bits per heavy atom. The van der Waals surface area contributed by atoms with Crippen molar-refractivity contribution in [2.75, 3.05) is 4.72 Å². The third kappa shape index (κ3) is 4.94. The highest BCUT2D eigenvalue weighted by molar-refractivity contribution is 7.92. The van der Waals surface area contributed by atoms with E-state index in [0.717, 1.165) is 0 Å². The molecule has 0 aliphatic heterocycles. The molecule has 0 heterocycles. The zero-order chi connectivity index (χ0) is 21.0. The summed E-state index contributed by atoms with van der Waals surface area (Å²) >= 11 is 0. The number of aromatic hydroxyl groups is 3. The minimum atomic E-state index is -3.83. The van der Waals surface area contributed by atoms with Crippen LogP contribution in [0.2, 0.25) is 0 Å². The number of sulfonamides is 1. The van der Waals surface area contributed by atoms with Crippen molar-refractivity contribution in [2.24, 2.45) is 0 Å². The zero-order valence-corrected chi connectivity index (χ0v) is 15.8. The lowest BCUT2D eigenvalue weighted by molar-refractivity contribution is 0.104. The summed E-state index contributed by atoms with van der Waals surface area (Å²) in [5.41, 5.74) is 0.870. The van der Waals surface area contributed by atoms with Crippen LogP contribution in [0.15, 0.2) is 77.7 Å². The topological polar surface area (TPSA) is 124 Å². The van der Waals surface area contributed by atoms with Gasteiger partial charge in [0.1, 0.15) is 17.2 Å². The van der Waals surface area contributed by atoms with Crippen LogP contribution in [0.3, 0.4) is 0 Å². The van der Waals surface area contributed by atoms with Gasteiger partial charge in [0.25, 0.3) is 10.0 Å². The average molecular weight is 411 g/mol. The molecular weight excluding hydrogens is 394 g/mol. The van der Waals surface area contributed by atoms with E-state index in [1.54, 1.807) is 0 Å². The number of carbonyl (C=O) groups excluding carboxylic acids is 1. The molecule has 0 bridgehead atoms. The van der Waals surface area contributed by atoms with Gasteiger partial charge in [-0.3, -0.25) is 9.52 Å². The first-order chi connectivity index (χ1) is 13.7. The van der Waals surface area contributed by atoms with E-state index >= 15 is 0 Å². The molecule has 7 nitrogen and oxygen atoms in total. The second-order valence-electron chi connectivity index (χ2n) is 6.12. The number of rotatable bonds is 6. The highest BCUT2D eigenvalue weighted by Crippen LogP contribution is 2.24. The van der Waals surface area contributed by atoms with Crippen LogP contribution in [0, 0.1) is 0 Å². The number of ketones is 1. The van der Waals surface area contributed by atoms with Crippen molar-refractivity contribution in [3.05, 3.63) is 83.9 Å². The van der Waals surface area contributed by atoms with Gasteiger partial charge in [-0.25, -0.2) is 8.42 Å². The Kier molecular flexibility index (Phi) is 5.56. The van der Waals surface area contributed by atoms with Gasteiger partial charge in [0.15, 0.2) is 5.78 Å². The normalized spacial score (nSPS) is 11.4. The number of hydrogen-bond acceptors (Lipinski definition) is 6. The molecule has 0 aliphatic carbocycles. The van der Waals surface area contributed by atoms with Crippen molar-refractivity contribution in [2.45, 2.75) is 4.90 Å². The number of allylic oxidation sites excluding steroid dienone is 1. The van der Waals surface area contributed by atoms with Crippen molar-refractivity contribution in [3.63, 3.8) is 0 Å². The lowest BCUT2D eigenvalue weighted by atomic mass is 10.1. The Morgan fingerprint density at radius 2 is 1.45 bits per heavy atom. The van der Waals surface area contributed by atoms with Gasteiger partial charge < -0.3 is 15.3 Å². The second kappa shape index (κ2) is 8.07. The van der Waals surface area contributed by atoms with E-state index in [0.29, 0.717) is 5.56 Å². The molecule has 148 valence electrons.